The van der Waals surface area contributed by atoms with Gasteiger partial charge in [-0.05, 0) is 43.2 Å². The van der Waals surface area contributed by atoms with Crippen molar-refractivity contribution in [3.8, 4) is 22.4 Å². The van der Waals surface area contributed by atoms with Crippen molar-refractivity contribution in [3.63, 3.8) is 0 Å². The van der Waals surface area contributed by atoms with Gasteiger partial charge in [-0.3, -0.25) is 4.79 Å². The molecule has 33 heavy (non-hydrogen) atoms. The lowest BCUT2D eigenvalue weighted by molar-refractivity contribution is 1.13. The number of fused-ring (bicyclic) bond motifs is 1. The number of nitrogens with zero attached hydrogens (tertiary/aromatic N) is 2. The molecule has 2 aromatic carbocycles. The molecule has 0 aliphatic heterocycles. The molecule has 0 fully saturated rings. The Hall–Kier alpha value is -3.76. The van der Waals surface area contributed by atoms with Gasteiger partial charge in [0.15, 0.2) is 5.43 Å². The molecule has 0 spiro atoms. The first-order valence-corrected chi connectivity index (χ1v) is 11.2. The highest BCUT2D eigenvalue weighted by atomic mass is 35.5. The number of hydrogen-bond donors (Lipinski definition) is 1. The van der Waals surface area contributed by atoms with Gasteiger partial charge in [-0.2, -0.15) is 0 Å². The summed E-state index contributed by atoms with van der Waals surface area (Å²) in [6.45, 7) is 3.95. The van der Waals surface area contributed by atoms with Crippen LogP contribution in [0.15, 0.2) is 83.8 Å². The average molecular weight is 452 g/mol. The fourth-order valence-electron chi connectivity index (χ4n) is 4.07. The Labute approximate surface area is 197 Å². The first kappa shape index (κ1) is 21.1. The van der Waals surface area contributed by atoms with E-state index in [1.807, 2.05) is 55.5 Å². The molecular weight excluding hydrogens is 430 g/mol. The molecule has 0 saturated carbocycles. The number of rotatable bonds is 4. The Bertz CT molecular complexity index is 1500. The molecule has 1 N–H and O–H groups in total. The maximum absolute atomic E-state index is 13.5. The van der Waals surface area contributed by atoms with Gasteiger partial charge in [-0.15, -0.1) is 0 Å². The van der Waals surface area contributed by atoms with Crippen molar-refractivity contribution in [2.75, 3.05) is 0 Å². The second-order valence-electron chi connectivity index (χ2n) is 8.27. The third kappa shape index (κ3) is 4.30. The number of halogens is 1. The molecule has 0 aliphatic rings. The van der Waals surface area contributed by atoms with Gasteiger partial charge in [0.25, 0.3) is 0 Å². The third-order valence-corrected chi connectivity index (χ3v) is 5.93. The minimum Gasteiger partial charge on any atom is -0.346 e. The molecule has 0 radical (unpaired) electrons. The zero-order valence-electron chi connectivity index (χ0n) is 18.4. The number of H-pyrrole nitrogens is 1. The van der Waals surface area contributed by atoms with Crippen LogP contribution in [0.5, 0.6) is 0 Å². The van der Waals surface area contributed by atoms with Crippen molar-refractivity contribution in [3.05, 3.63) is 117 Å². The summed E-state index contributed by atoms with van der Waals surface area (Å²) in [6.07, 6.45) is 2.33. The van der Waals surface area contributed by atoms with Gasteiger partial charge in [-0.1, -0.05) is 71.8 Å². The summed E-state index contributed by atoms with van der Waals surface area (Å²) in [6, 6.07) is 23.9. The van der Waals surface area contributed by atoms with E-state index in [1.165, 1.54) is 5.56 Å². The van der Waals surface area contributed by atoms with E-state index in [4.69, 9.17) is 16.6 Å². The van der Waals surface area contributed by atoms with Crippen molar-refractivity contribution < 1.29 is 0 Å². The van der Waals surface area contributed by atoms with Crippen molar-refractivity contribution in [2.45, 2.75) is 20.3 Å². The van der Waals surface area contributed by atoms with Crippen LogP contribution in [-0.2, 0) is 6.42 Å². The first-order chi connectivity index (χ1) is 16.0. The second kappa shape index (κ2) is 8.64. The van der Waals surface area contributed by atoms with Crippen LogP contribution in [-0.4, -0.2) is 15.0 Å². The molecule has 0 aliphatic carbocycles. The number of pyridine rings is 3. The van der Waals surface area contributed by atoms with Gasteiger partial charge >= 0.3 is 0 Å². The molecule has 162 valence electrons. The molecule has 5 aromatic rings. The quantitative estimate of drug-likeness (QED) is 0.317. The first-order valence-electron chi connectivity index (χ1n) is 10.8. The molecule has 3 heterocycles. The van der Waals surface area contributed by atoms with E-state index in [2.05, 4.69) is 41.2 Å². The minimum absolute atomic E-state index is 0.0189. The lowest BCUT2D eigenvalue weighted by Crippen LogP contribution is -2.12. The van der Waals surface area contributed by atoms with Crippen molar-refractivity contribution in [1.29, 1.82) is 0 Å². The van der Waals surface area contributed by atoms with Crippen LogP contribution >= 0.6 is 11.6 Å². The van der Waals surface area contributed by atoms with E-state index >= 15 is 0 Å². The summed E-state index contributed by atoms with van der Waals surface area (Å²) in [7, 11) is 0. The Morgan fingerprint density at radius 2 is 1.64 bits per heavy atom. The van der Waals surface area contributed by atoms with E-state index in [0.29, 0.717) is 28.2 Å². The summed E-state index contributed by atoms with van der Waals surface area (Å²) in [5.74, 6) is 0. The second-order valence-corrected chi connectivity index (χ2v) is 8.66. The molecule has 5 rings (SSSR count). The monoisotopic (exact) mass is 451 g/mol. The summed E-state index contributed by atoms with van der Waals surface area (Å²) < 4.78 is 0. The number of nitrogens with one attached hydrogen (secondary N) is 1. The van der Waals surface area contributed by atoms with Gasteiger partial charge in [0.2, 0.25) is 0 Å². The van der Waals surface area contributed by atoms with Gasteiger partial charge in [0.05, 0.1) is 11.1 Å². The zero-order valence-corrected chi connectivity index (χ0v) is 19.1. The maximum atomic E-state index is 13.5. The Balaban J connectivity index is 1.72. The standard InChI is InChI=1S/C28H22ClN3O/c1-17-8-10-19(11-9-17)13-22-16-30-28-24(27(22)33)15-23(21-12-18(2)31-25(29)14-21)26(32-28)20-6-4-3-5-7-20/h3-12,14-16H,13H2,1-2H3,(H,30,32,33). The highest BCUT2D eigenvalue weighted by molar-refractivity contribution is 6.29. The number of aromatic amines is 1. The van der Waals surface area contributed by atoms with Crippen LogP contribution < -0.4 is 5.43 Å². The van der Waals surface area contributed by atoms with Gasteiger partial charge in [0, 0.05) is 35.0 Å². The predicted octanol–water partition coefficient (Wildman–Crippen LogP) is 6.51. The lowest BCUT2D eigenvalue weighted by Gasteiger charge is -2.13. The van der Waals surface area contributed by atoms with Crippen molar-refractivity contribution in [2.24, 2.45) is 0 Å². The lowest BCUT2D eigenvalue weighted by atomic mass is 9.97. The van der Waals surface area contributed by atoms with Crippen LogP contribution in [0.2, 0.25) is 5.15 Å². The Morgan fingerprint density at radius 1 is 0.879 bits per heavy atom. The van der Waals surface area contributed by atoms with Gasteiger partial charge in [0.1, 0.15) is 10.8 Å². The predicted molar refractivity (Wildman–Crippen MR) is 135 cm³/mol. The van der Waals surface area contributed by atoms with Crippen LogP contribution in [0.25, 0.3) is 33.4 Å². The SMILES string of the molecule is Cc1ccc(Cc2c[nH]c3nc(-c4ccccc4)c(-c4cc(C)nc(Cl)c4)cc3c2=O)cc1. The van der Waals surface area contributed by atoms with Crippen molar-refractivity contribution in [1.82, 2.24) is 15.0 Å². The summed E-state index contributed by atoms with van der Waals surface area (Å²) in [5, 5.41) is 0.964. The summed E-state index contributed by atoms with van der Waals surface area (Å²) in [4.78, 5) is 25.9. The van der Waals surface area contributed by atoms with E-state index in [1.54, 1.807) is 6.20 Å². The smallest absolute Gasteiger partial charge is 0.194 e. The zero-order chi connectivity index (χ0) is 22.9. The fourth-order valence-corrected chi connectivity index (χ4v) is 4.32. The Kier molecular flexibility index (Phi) is 5.53. The molecule has 0 amide bonds. The molecule has 4 nitrogen and oxygen atoms in total. The fraction of sp³-hybridized carbons (Fsp3) is 0.107. The number of aryl methyl sites for hydroxylation is 2. The average Bonchev–Trinajstić information content (AvgIpc) is 2.81. The molecular formula is C28H22ClN3O. The normalized spacial score (nSPS) is 11.1. The van der Waals surface area contributed by atoms with Crippen LogP contribution in [0.1, 0.15) is 22.4 Å². The molecule has 0 unspecified atom stereocenters. The van der Waals surface area contributed by atoms with E-state index in [9.17, 15) is 4.79 Å². The van der Waals surface area contributed by atoms with Crippen molar-refractivity contribution >= 4 is 22.6 Å². The van der Waals surface area contributed by atoms with E-state index in [-0.39, 0.29) is 5.43 Å². The molecule has 3 aromatic heterocycles. The molecule has 5 heteroatoms. The van der Waals surface area contributed by atoms with Crippen LogP contribution in [0.4, 0.5) is 0 Å². The van der Waals surface area contributed by atoms with Gasteiger partial charge in [-0.25, -0.2) is 9.97 Å². The van der Waals surface area contributed by atoms with Gasteiger partial charge < -0.3 is 4.98 Å². The topological polar surface area (TPSA) is 58.6 Å². The van der Waals surface area contributed by atoms with Crippen LogP contribution in [0.3, 0.4) is 0 Å². The minimum atomic E-state index is -0.0189. The maximum Gasteiger partial charge on any atom is 0.194 e. The summed E-state index contributed by atoms with van der Waals surface area (Å²) in [5.41, 5.74) is 7.81. The Morgan fingerprint density at radius 3 is 2.36 bits per heavy atom. The number of benzene rings is 2. The molecule has 0 atom stereocenters. The highest BCUT2D eigenvalue weighted by Gasteiger charge is 2.16. The van der Waals surface area contributed by atoms with E-state index in [0.717, 1.165) is 33.6 Å². The van der Waals surface area contributed by atoms with Crippen LogP contribution in [0, 0.1) is 13.8 Å². The third-order valence-electron chi connectivity index (χ3n) is 5.74. The van der Waals surface area contributed by atoms with E-state index < -0.39 is 0 Å². The summed E-state index contributed by atoms with van der Waals surface area (Å²) >= 11 is 6.28. The molecule has 0 saturated heterocycles. The number of aromatic nitrogens is 3. The molecule has 0 bridgehead atoms. The largest absolute Gasteiger partial charge is 0.346 e. The number of hydrogen-bond acceptors (Lipinski definition) is 3. The highest BCUT2D eigenvalue weighted by Crippen LogP contribution is 2.33.